The van der Waals surface area contributed by atoms with Crippen molar-refractivity contribution in [1.82, 2.24) is 14.8 Å². The molecule has 4 nitrogen and oxygen atoms in total. The molecular weight excluding hydrogens is 332 g/mol. The number of pyridine rings is 1. The zero-order chi connectivity index (χ0) is 15.7. The molecular formula is C14H10ClF2N3OS. The molecule has 0 N–H and O–H groups in total. The third-order valence-corrected chi connectivity index (χ3v) is 3.96. The molecule has 0 aliphatic rings. The van der Waals surface area contributed by atoms with Crippen LogP contribution in [0.4, 0.5) is 8.78 Å². The highest BCUT2D eigenvalue weighted by Gasteiger charge is 2.15. The Morgan fingerprint density at radius 3 is 2.82 bits per heavy atom. The number of alkyl halides is 2. The van der Waals surface area contributed by atoms with Crippen molar-refractivity contribution in [1.29, 1.82) is 0 Å². The molecule has 0 amide bonds. The molecule has 3 aromatic rings. The molecule has 8 heteroatoms. The van der Waals surface area contributed by atoms with Gasteiger partial charge in [0.1, 0.15) is 10.8 Å². The molecule has 0 bridgehead atoms. The quantitative estimate of drug-likeness (QED) is 0.521. The number of hydrogen-bond acceptors (Lipinski definition) is 4. The number of aromatic nitrogens is 3. The summed E-state index contributed by atoms with van der Waals surface area (Å²) < 4.78 is 31.3. The van der Waals surface area contributed by atoms with E-state index < -0.39 is 6.61 Å². The maximum Gasteiger partial charge on any atom is 0.387 e. The minimum atomic E-state index is -2.91. The van der Waals surface area contributed by atoms with E-state index in [0.717, 1.165) is 10.3 Å². The van der Waals surface area contributed by atoms with E-state index in [1.165, 1.54) is 22.5 Å². The van der Waals surface area contributed by atoms with Gasteiger partial charge in [-0.05, 0) is 24.5 Å². The molecule has 1 aromatic carbocycles. The van der Waals surface area contributed by atoms with Crippen molar-refractivity contribution in [2.75, 3.05) is 6.26 Å². The summed E-state index contributed by atoms with van der Waals surface area (Å²) in [4.78, 5) is 4.88. The van der Waals surface area contributed by atoms with Crippen molar-refractivity contribution in [3.8, 4) is 11.4 Å². The van der Waals surface area contributed by atoms with E-state index in [1.807, 2.05) is 6.26 Å². The molecule has 2 aromatic heterocycles. The SMILES string of the molecule is CSc1ccc(OC(F)F)c(-n2ncc3cnc(Cl)cc32)c1. The molecule has 22 heavy (non-hydrogen) atoms. The second-order valence-electron chi connectivity index (χ2n) is 4.33. The fourth-order valence-electron chi connectivity index (χ4n) is 2.07. The van der Waals surface area contributed by atoms with Crippen LogP contribution in [0.25, 0.3) is 16.6 Å². The predicted molar refractivity (Wildman–Crippen MR) is 82.3 cm³/mol. The van der Waals surface area contributed by atoms with Crippen molar-refractivity contribution in [2.24, 2.45) is 0 Å². The minimum absolute atomic E-state index is 0.0470. The van der Waals surface area contributed by atoms with Crippen LogP contribution in [0.1, 0.15) is 0 Å². The maximum atomic E-state index is 12.6. The molecule has 0 saturated carbocycles. The molecule has 0 saturated heterocycles. The fourth-order valence-corrected chi connectivity index (χ4v) is 2.66. The maximum absolute atomic E-state index is 12.6. The van der Waals surface area contributed by atoms with E-state index in [0.29, 0.717) is 16.4 Å². The number of nitrogens with zero attached hydrogens (tertiary/aromatic N) is 3. The van der Waals surface area contributed by atoms with E-state index in [9.17, 15) is 8.78 Å². The summed E-state index contributed by atoms with van der Waals surface area (Å²) in [6.07, 6.45) is 5.07. The Kier molecular flexibility index (Phi) is 4.17. The molecule has 0 aliphatic carbocycles. The molecule has 0 fully saturated rings. The van der Waals surface area contributed by atoms with Gasteiger partial charge in [0, 0.05) is 22.5 Å². The van der Waals surface area contributed by atoms with Gasteiger partial charge in [0.15, 0.2) is 5.75 Å². The smallest absolute Gasteiger partial charge is 0.387 e. The zero-order valence-electron chi connectivity index (χ0n) is 11.3. The summed E-state index contributed by atoms with van der Waals surface area (Å²) in [7, 11) is 0. The Balaban J connectivity index is 2.21. The van der Waals surface area contributed by atoms with Gasteiger partial charge in [-0.2, -0.15) is 13.9 Å². The summed E-state index contributed by atoms with van der Waals surface area (Å²) >= 11 is 7.40. The van der Waals surface area contributed by atoms with Crippen molar-refractivity contribution in [2.45, 2.75) is 11.5 Å². The molecule has 0 radical (unpaired) electrons. The van der Waals surface area contributed by atoms with Crippen LogP contribution in [0.3, 0.4) is 0 Å². The standard InChI is InChI=1S/C14H10ClF2N3OS/c1-22-9-2-3-12(21-14(16)17)11(4-9)20-10-5-13(15)18-6-8(10)7-19-20/h2-7,14H,1H3. The predicted octanol–water partition coefficient (Wildman–Crippen LogP) is 4.40. The first-order valence-corrected chi connectivity index (χ1v) is 7.81. The highest BCUT2D eigenvalue weighted by Crippen LogP contribution is 2.31. The Labute approximate surface area is 134 Å². The molecule has 0 atom stereocenters. The zero-order valence-corrected chi connectivity index (χ0v) is 12.9. The lowest BCUT2D eigenvalue weighted by molar-refractivity contribution is -0.0499. The molecule has 0 aliphatic heterocycles. The first-order valence-electron chi connectivity index (χ1n) is 6.21. The third-order valence-electron chi connectivity index (χ3n) is 3.03. The van der Waals surface area contributed by atoms with Crippen molar-refractivity contribution in [3.63, 3.8) is 0 Å². The Morgan fingerprint density at radius 2 is 2.09 bits per heavy atom. The van der Waals surface area contributed by atoms with E-state index in [1.54, 1.807) is 30.6 Å². The Morgan fingerprint density at radius 1 is 1.27 bits per heavy atom. The summed E-state index contributed by atoms with van der Waals surface area (Å²) in [5.74, 6) is 0.0470. The number of hydrogen-bond donors (Lipinski definition) is 0. The van der Waals surface area contributed by atoms with E-state index in [2.05, 4.69) is 14.8 Å². The number of fused-ring (bicyclic) bond motifs is 1. The monoisotopic (exact) mass is 341 g/mol. The van der Waals surface area contributed by atoms with Crippen LogP contribution in [0, 0.1) is 0 Å². The van der Waals surface area contributed by atoms with Crippen LogP contribution >= 0.6 is 23.4 Å². The van der Waals surface area contributed by atoms with Gasteiger partial charge in [-0.3, -0.25) is 0 Å². The van der Waals surface area contributed by atoms with E-state index in [4.69, 9.17) is 11.6 Å². The average Bonchev–Trinajstić information content (AvgIpc) is 2.90. The Hall–Kier alpha value is -1.86. The summed E-state index contributed by atoms with van der Waals surface area (Å²) in [6, 6.07) is 6.58. The minimum Gasteiger partial charge on any atom is -0.433 e. The lowest BCUT2D eigenvalue weighted by Gasteiger charge is -2.12. The normalized spacial score (nSPS) is 11.3. The van der Waals surface area contributed by atoms with Crippen LogP contribution in [0.2, 0.25) is 5.15 Å². The summed E-state index contributed by atoms with van der Waals surface area (Å²) in [5.41, 5.74) is 1.08. The lowest BCUT2D eigenvalue weighted by Crippen LogP contribution is -2.07. The first-order chi connectivity index (χ1) is 10.6. The van der Waals surface area contributed by atoms with E-state index >= 15 is 0 Å². The first kappa shape index (κ1) is 15.1. The fraction of sp³-hybridized carbons (Fsp3) is 0.143. The van der Waals surface area contributed by atoms with Crippen molar-refractivity contribution >= 4 is 34.3 Å². The molecule has 2 heterocycles. The number of ether oxygens (including phenoxy) is 1. The van der Waals surface area contributed by atoms with Gasteiger partial charge in [0.05, 0.1) is 11.7 Å². The van der Waals surface area contributed by atoms with Crippen LogP contribution in [-0.4, -0.2) is 27.6 Å². The molecule has 0 spiro atoms. The molecule has 114 valence electrons. The van der Waals surface area contributed by atoms with Crippen molar-refractivity contribution in [3.05, 3.63) is 41.8 Å². The number of rotatable bonds is 4. The lowest BCUT2D eigenvalue weighted by atomic mass is 10.2. The van der Waals surface area contributed by atoms with Crippen LogP contribution in [0.15, 0.2) is 41.6 Å². The van der Waals surface area contributed by atoms with Crippen molar-refractivity contribution < 1.29 is 13.5 Å². The van der Waals surface area contributed by atoms with Crippen LogP contribution in [0.5, 0.6) is 5.75 Å². The van der Waals surface area contributed by atoms with Gasteiger partial charge in [-0.1, -0.05) is 11.6 Å². The summed E-state index contributed by atoms with van der Waals surface area (Å²) in [5, 5.41) is 5.28. The van der Waals surface area contributed by atoms with Gasteiger partial charge in [-0.25, -0.2) is 9.67 Å². The third kappa shape index (κ3) is 2.86. The second-order valence-corrected chi connectivity index (χ2v) is 5.60. The van der Waals surface area contributed by atoms with Gasteiger partial charge < -0.3 is 4.74 Å². The summed E-state index contributed by atoms with van der Waals surface area (Å²) in [6.45, 7) is -2.91. The van der Waals surface area contributed by atoms with Gasteiger partial charge in [0.2, 0.25) is 0 Å². The van der Waals surface area contributed by atoms with Gasteiger partial charge in [0.25, 0.3) is 0 Å². The highest BCUT2D eigenvalue weighted by molar-refractivity contribution is 7.98. The van der Waals surface area contributed by atoms with Gasteiger partial charge >= 0.3 is 6.61 Å². The van der Waals surface area contributed by atoms with E-state index in [-0.39, 0.29) is 5.75 Å². The largest absolute Gasteiger partial charge is 0.433 e. The number of thioether (sulfide) groups is 1. The topological polar surface area (TPSA) is 39.9 Å². The molecule has 3 rings (SSSR count). The molecule has 0 unspecified atom stereocenters. The Bertz CT molecular complexity index is 825. The van der Waals surface area contributed by atoms with Crippen LogP contribution < -0.4 is 4.74 Å². The number of benzene rings is 1. The average molecular weight is 342 g/mol. The second kappa shape index (κ2) is 6.10. The van der Waals surface area contributed by atoms with Crippen LogP contribution in [-0.2, 0) is 0 Å². The van der Waals surface area contributed by atoms with Gasteiger partial charge in [-0.15, -0.1) is 11.8 Å². The number of halogens is 3. The highest BCUT2D eigenvalue weighted by atomic mass is 35.5.